The summed E-state index contributed by atoms with van der Waals surface area (Å²) in [5.41, 5.74) is 11.8. The van der Waals surface area contributed by atoms with Crippen molar-refractivity contribution in [3.05, 3.63) is 75.8 Å². The Labute approximate surface area is 161 Å². The van der Waals surface area contributed by atoms with Gasteiger partial charge in [0.25, 0.3) is 5.91 Å². The van der Waals surface area contributed by atoms with Gasteiger partial charge < -0.3 is 10.5 Å². The zero-order chi connectivity index (χ0) is 19.2. The Hall–Kier alpha value is -3.19. The fraction of sp³-hybridized carbons (Fsp3) is 0.150. The average molecular weight is 380 g/mol. The van der Waals surface area contributed by atoms with Crippen LogP contribution in [0.3, 0.4) is 0 Å². The number of benzene rings is 2. The normalized spacial score (nSPS) is 10.9. The van der Waals surface area contributed by atoms with Crippen molar-refractivity contribution in [2.24, 2.45) is 5.10 Å². The number of ether oxygens (including phenoxy) is 1. The molecule has 0 radical (unpaired) electrons. The lowest BCUT2D eigenvalue weighted by Crippen LogP contribution is -2.17. The van der Waals surface area contributed by atoms with Crippen LogP contribution in [-0.4, -0.2) is 17.1 Å². The summed E-state index contributed by atoms with van der Waals surface area (Å²) in [5.74, 6) is 0.404. The third-order valence-corrected chi connectivity index (χ3v) is 4.77. The first-order valence-corrected chi connectivity index (χ1v) is 9.17. The van der Waals surface area contributed by atoms with Crippen LogP contribution in [0.25, 0.3) is 0 Å². The minimum absolute atomic E-state index is 0.329. The largest absolute Gasteiger partial charge is 0.489 e. The third-order valence-electron chi connectivity index (χ3n) is 3.78. The Bertz CT molecular complexity index is 964. The monoisotopic (exact) mass is 380 g/mol. The van der Waals surface area contributed by atoms with Crippen LogP contribution in [0.4, 0.5) is 5.13 Å². The van der Waals surface area contributed by atoms with Gasteiger partial charge in [-0.2, -0.15) is 5.10 Å². The molecular weight excluding hydrogens is 360 g/mol. The molecule has 0 unspecified atom stereocenters. The van der Waals surface area contributed by atoms with E-state index in [1.54, 1.807) is 13.1 Å². The molecule has 3 rings (SSSR count). The number of nitrogens with zero attached hydrogens (tertiary/aromatic N) is 2. The van der Waals surface area contributed by atoms with Gasteiger partial charge in [-0.15, -0.1) is 0 Å². The van der Waals surface area contributed by atoms with Crippen LogP contribution in [0.15, 0.2) is 53.6 Å². The summed E-state index contributed by atoms with van der Waals surface area (Å²) >= 11 is 1.14. The molecule has 1 heterocycles. The number of amides is 1. The number of hydrazone groups is 1. The van der Waals surface area contributed by atoms with Gasteiger partial charge in [0.2, 0.25) is 0 Å². The second-order valence-electron chi connectivity index (χ2n) is 6.01. The zero-order valence-electron chi connectivity index (χ0n) is 15.1. The summed E-state index contributed by atoms with van der Waals surface area (Å²) in [6.45, 7) is 4.28. The molecule has 7 heteroatoms. The fourth-order valence-electron chi connectivity index (χ4n) is 2.38. The minimum Gasteiger partial charge on any atom is -0.489 e. The highest BCUT2D eigenvalue weighted by Gasteiger charge is 2.13. The molecule has 6 nitrogen and oxygen atoms in total. The molecule has 138 valence electrons. The Morgan fingerprint density at radius 2 is 2.04 bits per heavy atom. The maximum absolute atomic E-state index is 12.1. The smallest absolute Gasteiger partial charge is 0.283 e. The van der Waals surface area contributed by atoms with Gasteiger partial charge in [-0.05, 0) is 37.1 Å². The highest BCUT2D eigenvalue weighted by molar-refractivity contribution is 7.17. The standard InChI is InChI=1S/C20H20N4O2S/c1-13-6-8-15(9-7-13)12-26-17-5-3-4-16(10-17)11-22-24-19(25)18-14(2)23-20(21)27-18/h3-11H,12H2,1-2H3,(H2,21,23)(H,24,25). The molecule has 0 saturated carbocycles. The fourth-order valence-corrected chi connectivity index (χ4v) is 3.10. The molecule has 27 heavy (non-hydrogen) atoms. The van der Waals surface area contributed by atoms with Crippen molar-refractivity contribution in [2.75, 3.05) is 5.73 Å². The molecule has 0 fully saturated rings. The average Bonchev–Trinajstić information content (AvgIpc) is 3.00. The van der Waals surface area contributed by atoms with Gasteiger partial charge in [0, 0.05) is 0 Å². The summed E-state index contributed by atoms with van der Waals surface area (Å²) < 4.78 is 5.82. The number of nitrogens with one attached hydrogen (secondary N) is 1. The molecule has 2 aromatic carbocycles. The molecule has 0 spiro atoms. The predicted octanol–water partition coefficient (Wildman–Crippen LogP) is 3.69. The maximum atomic E-state index is 12.1. The number of aryl methyl sites for hydroxylation is 2. The summed E-state index contributed by atoms with van der Waals surface area (Å²) in [4.78, 5) is 16.6. The lowest BCUT2D eigenvalue weighted by Gasteiger charge is -2.07. The van der Waals surface area contributed by atoms with E-state index < -0.39 is 0 Å². The molecule has 0 aliphatic heterocycles. The number of nitrogens with two attached hydrogens (primary N) is 1. The minimum atomic E-state index is -0.329. The SMILES string of the molecule is Cc1ccc(COc2cccc(C=NNC(=O)c3sc(N)nc3C)c2)cc1. The van der Waals surface area contributed by atoms with E-state index in [1.807, 2.05) is 36.4 Å². The molecule has 0 bridgehead atoms. The van der Waals surface area contributed by atoms with Crippen molar-refractivity contribution in [3.8, 4) is 5.75 Å². The number of anilines is 1. The van der Waals surface area contributed by atoms with Gasteiger partial charge in [0.05, 0.1) is 11.9 Å². The number of nitrogen functional groups attached to an aromatic ring is 1. The highest BCUT2D eigenvalue weighted by Crippen LogP contribution is 2.19. The van der Waals surface area contributed by atoms with E-state index in [4.69, 9.17) is 10.5 Å². The van der Waals surface area contributed by atoms with E-state index in [-0.39, 0.29) is 5.91 Å². The first-order valence-electron chi connectivity index (χ1n) is 8.36. The molecule has 1 amide bonds. The third kappa shape index (κ3) is 5.15. The van der Waals surface area contributed by atoms with E-state index in [1.165, 1.54) is 5.56 Å². The predicted molar refractivity (Wildman–Crippen MR) is 108 cm³/mol. The number of carbonyl (C=O) groups excluding carboxylic acids is 1. The Morgan fingerprint density at radius 3 is 2.74 bits per heavy atom. The van der Waals surface area contributed by atoms with E-state index in [0.717, 1.165) is 28.2 Å². The molecule has 3 N–H and O–H groups in total. The second-order valence-corrected chi connectivity index (χ2v) is 7.04. The quantitative estimate of drug-likeness (QED) is 0.504. The molecule has 0 atom stereocenters. The summed E-state index contributed by atoms with van der Waals surface area (Å²) in [5, 5.41) is 4.36. The van der Waals surface area contributed by atoms with Crippen molar-refractivity contribution in [1.82, 2.24) is 10.4 Å². The van der Waals surface area contributed by atoms with Crippen LogP contribution in [0.1, 0.15) is 32.1 Å². The van der Waals surface area contributed by atoms with E-state index >= 15 is 0 Å². The first-order chi connectivity index (χ1) is 13.0. The van der Waals surface area contributed by atoms with Crippen LogP contribution < -0.4 is 15.9 Å². The molecule has 1 aromatic heterocycles. The summed E-state index contributed by atoms with van der Waals surface area (Å²) in [6, 6.07) is 15.7. The number of thiazole rings is 1. The maximum Gasteiger partial charge on any atom is 0.283 e. The van der Waals surface area contributed by atoms with E-state index in [0.29, 0.717) is 22.3 Å². The van der Waals surface area contributed by atoms with Gasteiger partial charge in [-0.3, -0.25) is 4.79 Å². The zero-order valence-corrected chi connectivity index (χ0v) is 15.9. The van der Waals surface area contributed by atoms with Crippen molar-refractivity contribution in [2.45, 2.75) is 20.5 Å². The molecule has 0 aliphatic carbocycles. The van der Waals surface area contributed by atoms with Crippen molar-refractivity contribution in [3.63, 3.8) is 0 Å². The van der Waals surface area contributed by atoms with Crippen molar-refractivity contribution >= 4 is 28.6 Å². The molecular formula is C20H20N4O2S. The van der Waals surface area contributed by atoms with Crippen LogP contribution in [-0.2, 0) is 6.61 Å². The number of aromatic nitrogens is 1. The summed E-state index contributed by atoms with van der Waals surface area (Å²) in [7, 11) is 0. The van der Waals surface area contributed by atoms with Crippen LogP contribution in [0.5, 0.6) is 5.75 Å². The van der Waals surface area contributed by atoms with Gasteiger partial charge in [0.1, 0.15) is 17.2 Å². The number of hydrogen-bond donors (Lipinski definition) is 2. The summed E-state index contributed by atoms with van der Waals surface area (Å²) in [6.07, 6.45) is 1.57. The van der Waals surface area contributed by atoms with Crippen LogP contribution >= 0.6 is 11.3 Å². The Balaban J connectivity index is 1.58. The Kier molecular flexibility index (Phi) is 5.83. The van der Waals surface area contributed by atoms with Crippen LogP contribution in [0, 0.1) is 13.8 Å². The van der Waals surface area contributed by atoms with Crippen molar-refractivity contribution in [1.29, 1.82) is 0 Å². The first kappa shape index (κ1) is 18.6. The van der Waals surface area contributed by atoms with E-state index in [9.17, 15) is 4.79 Å². The lowest BCUT2D eigenvalue weighted by atomic mass is 10.2. The number of rotatable bonds is 6. The van der Waals surface area contributed by atoms with Gasteiger partial charge in [-0.25, -0.2) is 10.4 Å². The molecule has 3 aromatic rings. The molecule has 0 aliphatic rings. The second kappa shape index (κ2) is 8.46. The van der Waals surface area contributed by atoms with Crippen molar-refractivity contribution < 1.29 is 9.53 Å². The number of carbonyl (C=O) groups is 1. The van der Waals surface area contributed by atoms with E-state index in [2.05, 4.69) is 34.6 Å². The number of hydrogen-bond acceptors (Lipinski definition) is 6. The molecule has 0 saturated heterocycles. The Morgan fingerprint density at radius 1 is 1.26 bits per heavy atom. The van der Waals surface area contributed by atoms with Gasteiger partial charge in [0.15, 0.2) is 5.13 Å². The van der Waals surface area contributed by atoms with Gasteiger partial charge >= 0.3 is 0 Å². The topological polar surface area (TPSA) is 89.6 Å². The van der Waals surface area contributed by atoms with Crippen LogP contribution in [0.2, 0.25) is 0 Å². The highest BCUT2D eigenvalue weighted by atomic mass is 32.1. The van der Waals surface area contributed by atoms with Gasteiger partial charge in [-0.1, -0.05) is 53.3 Å². The lowest BCUT2D eigenvalue weighted by molar-refractivity contribution is 0.0958.